The zero-order valence-electron chi connectivity index (χ0n) is 12.6. The largest absolute Gasteiger partial charge is 0.390 e. The second-order valence-electron chi connectivity index (χ2n) is 6.81. The van der Waals surface area contributed by atoms with E-state index < -0.39 is 5.60 Å². The van der Waals surface area contributed by atoms with Crippen LogP contribution in [0.1, 0.15) is 49.7 Å². The van der Waals surface area contributed by atoms with Gasteiger partial charge in [0.05, 0.1) is 5.60 Å². The van der Waals surface area contributed by atoms with Gasteiger partial charge < -0.3 is 10.4 Å². The second-order valence-corrected chi connectivity index (χ2v) is 6.81. The van der Waals surface area contributed by atoms with Crippen LogP contribution in [0.25, 0.3) is 0 Å². The molecule has 20 heavy (non-hydrogen) atoms. The van der Waals surface area contributed by atoms with E-state index >= 15 is 0 Å². The first-order valence-electron chi connectivity index (χ1n) is 8.19. The van der Waals surface area contributed by atoms with Gasteiger partial charge in [0.2, 0.25) is 0 Å². The molecule has 2 aliphatic rings. The van der Waals surface area contributed by atoms with Crippen LogP contribution in [-0.2, 0) is 6.42 Å². The van der Waals surface area contributed by atoms with Gasteiger partial charge in [0.25, 0.3) is 0 Å². The van der Waals surface area contributed by atoms with Crippen LogP contribution in [-0.4, -0.2) is 23.3 Å². The predicted octanol–water partition coefficient (Wildman–Crippen LogP) is 3.21. The van der Waals surface area contributed by atoms with E-state index in [-0.39, 0.29) is 0 Å². The van der Waals surface area contributed by atoms with Crippen LogP contribution in [0.2, 0.25) is 0 Å². The first kappa shape index (κ1) is 14.1. The summed E-state index contributed by atoms with van der Waals surface area (Å²) in [5.74, 6) is 0.431. The van der Waals surface area contributed by atoms with Gasteiger partial charge in [0.1, 0.15) is 0 Å². The smallest absolute Gasteiger partial charge is 0.0691 e. The summed E-state index contributed by atoms with van der Waals surface area (Å²) in [6.45, 7) is 3.18. The fourth-order valence-corrected chi connectivity index (χ4v) is 4.15. The average molecular weight is 273 g/mol. The van der Waals surface area contributed by atoms with Gasteiger partial charge in [-0.2, -0.15) is 0 Å². The second kappa shape index (κ2) is 5.87. The Morgan fingerprint density at radius 2 is 1.90 bits per heavy atom. The maximum atomic E-state index is 11.0. The molecule has 3 atom stereocenters. The molecule has 0 radical (unpaired) electrons. The summed E-state index contributed by atoms with van der Waals surface area (Å²) < 4.78 is 0. The van der Waals surface area contributed by atoms with Crippen molar-refractivity contribution in [2.75, 3.05) is 6.54 Å². The average Bonchev–Trinajstić information content (AvgIpc) is 2.61. The number of aryl methyl sites for hydroxylation is 1. The summed E-state index contributed by atoms with van der Waals surface area (Å²) in [7, 11) is 0. The SMILES string of the molecule is Cc1ccc(C[C@@H]2NCCC[C@@]3(O)CCCCC23)cc1. The molecule has 1 aromatic rings. The highest BCUT2D eigenvalue weighted by Gasteiger charge is 2.43. The Bertz CT molecular complexity index is 441. The molecule has 2 heteroatoms. The molecule has 1 aromatic carbocycles. The highest BCUT2D eigenvalue weighted by molar-refractivity contribution is 5.22. The van der Waals surface area contributed by atoms with Crippen molar-refractivity contribution < 1.29 is 5.11 Å². The summed E-state index contributed by atoms with van der Waals surface area (Å²) >= 11 is 0. The van der Waals surface area contributed by atoms with Gasteiger partial charge in [0, 0.05) is 12.0 Å². The minimum Gasteiger partial charge on any atom is -0.390 e. The molecule has 0 bridgehead atoms. The molecule has 1 aliphatic carbocycles. The summed E-state index contributed by atoms with van der Waals surface area (Å²) in [5, 5.41) is 14.7. The maximum Gasteiger partial charge on any atom is 0.0691 e. The van der Waals surface area contributed by atoms with Crippen molar-refractivity contribution in [2.24, 2.45) is 5.92 Å². The summed E-state index contributed by atoms with van der Waals surface area (Å²) in [6, 6.07) is 9.30. The van der Waals surface area contributed by atoms with Crippen molar-refractivity contribution in [3.05, 3.63) is 35.4 Å². The Morgan fingerprint density at radius 1 is 1.15 bits per heavy atom. The summed E-state index contributed by atoms with van der Waals surface area (Å²) in [4.78, 5) is 0. The third kappa shape index (κ3) is 2.91. The van der Waals surface area contributed by atoms with E-state index in [0.717, 1.165) is 32.2 Å². The Hall–Kier alpha value is -0.860. The quantitative estimate of drug-likeness (QED) is 0.867. The molecule has 1 saturated carbocycles. The molecular formula is C18H27NO. The van der Waals surface area contributed by atoms with Crippen LogP contribution < -0.4 is 5.32 Å². The molecule has 0 aromatic heterocycles. The number of aliphatic hydroxyl groups is 1. The Labute approximate surface area is 122 Å². The first-order chi connectivity index (χ1) is 9.67. The molecule has 0 spiro atoms. The van der Waals surface area contributed by atoms with Crippen molar-refractivity contribution in [3.8, 4) is 0 Å². The van der Waals surface area contributed by atoms with Crippen molar-refractivity contribution in [2.45, 2.75) is 63.5 Å². The monoisotopic (exact) mass is 273 g/mol. The molecule has 2 N–H and O–H groups in total. The van der Waals surface area contributed by atoms with Crippen molar-refractivity contribution >= 4 is 0 Å². The van der Waals surface area contributed by atoms with Crippen LogP contribution in [0.5, 0.6) is 0 Å². The number of nitrogens with one attached hydrogen (secondary N) is 1. The normalized spacial score (nSPS) is 34.3. The molecular weight excluding hydrogens is 246 g/mol. The fourth-order valence-electron chi connectivity index (χ4n) is 4.15. The molecule has 2 nitrogen and oxygen atoms in total. The molecule has 3 rings (SSSR count). The van der Waals surface area contributed by atoms with E-state index in [2.05, 4.69) is 36.5 Å². The van der Waals surface area contributed by atoms with Crippen molar-refractivity contribution in [1.29, 1.82) is 0 Å². The predicted molar refractivity (Wildman–Crippen MR) is 82.8 cm³/mol. The first-order valence-corrected chi connectivity index (χ1v) is 8.19. The van der Waals surface area contributed by atoms with E-state index in [0.29, 0.717) is 12.0 Å². The van der Waals surface area contributed by atoms with E-state index in [4.69, 9.17) is 0 Å². The lowest BCUT2D eigenvalue weighted by molar-refractivity contribution is -0.0610. The number of rotatable bonds is 2. The highest BCUT2D eigenvalue weighted by atomic mass is 16.3. The van der Waals surface area contributed by atoms with Gasteiger partial charge in [-0.05, 0) is 51.1 Å². The van der Waals surface area contributed by atoms with E-state index in [1.807, 2.05) is 0 Å². The van der Waals surface area contributed by atoms with Crippen LogP contribution in [0.15, 0.2) is 24.3 Å². The van der Waals surface area contributed by atoms with Gasteiger partial charge >= 0.3 is 0 Å². The van der Waals surface area contributed by atoms with Gasteiger partial charge in [-0.3, -0.25) is 0 Å². The molecule has 110 valence electrons. The zero-order valence-corrected chi connectivity index (χ0v) is 12.6. The lowest BCUT2D eigenvalue weighted by atomic mass is 9.69. The minimum absolute atomic E-state index is 0.406. The minimum atomic E-state index is -0.406. The summed E-state index contributed by atoms with van der Waals surface area (Å²) in [6.07, 6.45) is 7.80. The standard InChI is InChI=1S/C18H27NO/c1-14-6-8-15(9-7-14)13-17-16-5-2-3-10-18(16,20)11-4-12-19-17/h6-9,16-17,19-20H,2-5,10-13H2,1H3/t16?,17-,18-/m0/s1. The van der Waals surface area contributed by atoms with Gasteiger partial charge in [-0.25, -0.2) is 0 Å². The fraction of sp³-hybridized carbons (Fsp3) is 0.667. The number of hydrogen-bond donors (Lipinski definition) is 2. The highest BCUT2D eigenvalue weighted by Crippen LogP contribution is 2.41. The summed E-state index contributed by atoms with van der Waals surface area (Å²) in [5.41, 5.74) is 2.30. The van der Waals surface area contributed by atoms with Gasteiger partial charge in [0.15, 0.2) is 0 Å². The molecule has 2 fully saturated rings. The molecule has 1 aliphatic heterocycles. The third-order valence-electron chi connectivity index (χ3n) is 5.32. The molecule has 1 heterocycles. The van der Waals surface area contributed by atoms with Crippen LogP contribution >= 0.6 is 0 Å². The van der Waals surface area contributed by atoms with Gasteiger partial charge in [-0.15, -0.1) is 0 Å². The lowest BCUT2D eigenvalue weighted by Crippen LogP contribution is -2.49. The molecule has 1 saturated heterocycles. The van der Waals surface area contributed by atoms with Crippen LogP contribution in [0, 0.1) is 12.8 Å². The lowest BCUT2D eigenvalue weighted by Gasteiger charge is -2.42. The Morgan fingerprint density at radius 3 is 2.70 bits per heavy atom. The number of fused-ring (bicyclic) bond motifs is 1. The van der Waals surface area contributed by atoms with Crippen molar-refractivity contribution in [3.63, 3.8) is 0 Å². The van der Waals surface area contributed by atoms with Crippen LogP contribution in [0.4, 0.5) is 0 Å². The number of benzene rings is 1. The van der Waals surface area contributed by atoms with Crippen LogP contribution in [0.3, 0.4) is 0 Å². The Balaban J connectivity index is 1.77. The van der Waals surface area contributed by atoms with E-state index in [1.54, 1.807) is 0 Å². The van der Waals surface area contributed by atoms with Gasteiger partial charge in [-0.1, -0.05) is 42.7 Å². The Kier molecular flexibility index (Phi) is 4.13. The van der Waals surface area contributed by atoms with E-state index in [9.17, 15) is 5.11 Å². The maximum absolute atomic E-state index is 11.0. The molecule has 0 amide bonds. The third-order valence-corrected chi connectivity index (χ3v) is 5.32. The van der Waals surface area contributed by atoms with E-state index in [1.165, 1.54) is 30.4 Å². The van der Waals surface area contributed by atoms with Crippen molar-refractivity contribution in [1.82, 2.24) is 5.32 Å². The number of hydrogen-bond acceptors (Lipinski definition) is 2. The molecule has 1 unspecified atom stereocenters. The topological polar surface area (TPSA) is 32.3 Å². The zero-order chi connectivity index (χ0) is 14.0.